The Labute approximate surface area is 175 Å². The van der Waals surface area contributed by atoms with Crippen molar-refractivity contribution in [2.24, 2.45) is 5.10 Å². The number of para-hydroxylation sites is 2. The maximum absolute atomic E-state index is 12.4. The van der Waals surface area contributed by atoms with Gasteiger partial charge in [0.25, 0.3) is 5.91 Å². The number of anilines is 1. The molecule has 0 saturated carbocycles. The molecule has 0 aliphatic heterocycles. The molecular formula is C23H24N4O3. The lowest BCUT2D eigenvalue weighted by atomic mass is 10.1. The maximum Gasteiger partial charge on any atom is 0.340 e. The van der Waals surface area contributed by atoms with E-state index < -0.39 is 0 Å². The van der Waals surface area contributed by atoms with E-state index in [0.717, 1.165) is 22.6 Å². The van der Waals surface area contributed by atoms with Gasteiger partial charge in [0, 0.05) is 22.6 Å². The number of nitrogens with one attached hydrogen (secondary N) is 1. The zero-order valence-electron chi connectivity index (χ0n) is 17.2. The molecule has 1 aromatic heterocycles. The summed E-state index contributed by atoms with van der Waals surface area (Å²) in [4.78, 5) is 24.6. The molecular weight excluding hydrogens is 380 g/mol. The Hall–Kier alpha value is -3.87. The van der Waals surface area contributed by atoms with Crippen LogP contribution < -0.4 is 11.2 Å². The third-order valence-electron chi connectivity index (χ3n) is 4.69. The summed E-state index contributed by atoms with van der Waals surface area (Å²) in [5, 5.41) is 4.07. The molecule has 3 aromatic rings. The summed E-state index contributed by atoms with van der Waals surface area (Å²) in [6.45, 7) is 5.95. The average Bonchev–Trinajstić information content (AvgIpc) is 3.01. The fourth-order valence-corrected chi connectivity index (χ4v) is 3.26. The van der Waals surface area contributed by atoms with Crippen LogP contribution in [0.2, 0.25) is 0 Å². The maximum atomic E-state index is 12.4. The molecule has 2 aromatic carbocycles. The van der Waals surface area contributed by atoms with E-state index in [0.29, 0.717) is 23.4 Å². The first-order chi connectivity index (χ1) is 14.4. The number of ether oxygens (including phenoxy) is 1. The van der Waals surface area contributed by atoms with Crippen molar-refractivity contribution >= 4 is 23.8 Å². The molecule has 0 aliphatic carbocycles. The van der Waals surface area contributed by atoms with E-state index >= 15 is 0 Å². The van der Waals surface area contributed by atoms with Crippen LogP contribution in [0.1, 0.15) is 44.6 Å². The van der Waals surface area contributed by atoms with Crippen LogP contribution in [0.25, 0.3) is 5.69 Å². The monoisotopic (exact) mass is 404 g/mol. The number of esters is 1. The smallest absolute Gasteiger partial charge is 0.340 e. The van der Waals surface area contributed by atoms with Gasteiger partial charge in [0.2, 0.25) is 0 Å². The number of hydrogen-bond acceptors (Lipinski definition) is 5. The number of benzene rings is 2. The van der Waals surface area contributed by atoms with E-state index in [2.05, 4.69) is 10.5 Å². The van der Waals surface area contributed by atoms with Crippen LogP contribution in [0, 0.1) is 13.8 Å². The van der Waals surface area contributed by atoms with Crippen LogP contribution in [-0.4, -0.2) is 29.3 Å². The summed E-state index contributed by atoms with van der Waals surface area (Å²) in [6.07, 6.45) is 1.57. The largest absolute Gasteiger partial charge is 0.462 e. The highest BCUT2D eigenvalue weighted by Gasteiger charge is 2.17. The van der Waals surface area contributed by atoms with Crippen molar-refractivity contribution in [3.05, 3.63) is 82.7 Å². The Morgan fingerprint density at radius 3 is 2.47 bits per heavy atom. The minimum absolute atomic E-state index is 0.306. The van der Waals surface area contributed by atoms with Crippen molar-refractivity contribution in [3.8, 4) is 5.69 Å². The van der Waals surface area contributed by atoms with Crippen LogP contribution in [0.4, 0.5) is 5.69 Å². The number of aryl methyl sites for hydroxylation is 1. The van der Waals surface area contributed by atoms with Crippen LogP contribution in [0.15, 0.2) is 59.7 Å². The number of hydrazone groups is 1. The molecule has 3 rings (SSSR count). The predicted molar refractivity (Wildman–Crippen MR) is 117 cm³/mol. The standard InChI is InChI=1S/C23H24N4O3/c1-4-30-23(29)19-10-6-8-12-21(19)27-15(2)13-17(16(27)3)14-25-26-22(28)18-9-5-7-11-20(18)24/h5-14H,4,24H2,1-3H3,(H,26,28)/b25-14-. The first kappa shape index (κ1) is 20.9. The zero-order chi connectivity index (χ0) is 21.7. The second-order valence-corrected chi connectivity index (χ2v) is 6.69. The fourth-order valence-electron chi connectivity index (χ4n) is 3.26. The van der Waals surface area contributed by atoms with Gasteiger partial charge in [-0.2, -0.15) is 5.10 Å². The third-order valence-corrected chi connectivity index (χ3v) is 4.69. The molecule has 1 heterocycles. The Morgan fingerprint density at radius 1 is 1.10 bits per heavy atom. The second kappa shape index (κ2) is 9.09. The summed E-state index contributed by atoms with van der Waals surface area (Å²) in [6, 6.07) is 16.0. The van der Waals surface area contributed by atoms with Gasteiger partial charge in [0.05, 0.1) is 29.6 Å². The summed E-state index contributed by atoms with van der Waals surface area (Å²) in [5.41, 5.74) is 12.9. The van der Waals surface area contributed by atoms with Gasteiger partial charge in [0.15, 0.2) is 0 Å². The number of carbonyl (C=O) groups excluding carboxylic acids is 2. The number of rotatable bonds is 6. The van der Waals surface area contributed by atoms with Crippen molar-refractivity contribution in [3.63, 3.8) is 0 Å². The minimum Gasteiger partial charge on any atom is -0.462 e. The Kier molecular flexibility index (Phi) is 6.32. The highest BCUT2D eigenvalue weighted by molar-refractivity contribution is 5.99. The Balaban J connectivity index is 1.87. The second-order valence-electron chi connectivity index (χ2n) is 6.69. The van der Waals surface area contributed by atoms with Gasteiger partial charge in [-0.1, -0.05) is 24.3 Å². The normalized spacial score (nSPS) is 10.9. The first-order valence-electron chi connectivity index (χ1n) is 9.57. The van der Waals surface area contributed by atoms with Gasteiger partial charge in [-0.25, -0.2) is 10.2 Å². The van der Waals surface area contributed by atoms with Crippen molar-refractivity contribution in [1.82, 2.24) is 9.99 Å². The molecule has 7 nitrogen and oxygen atoms in total. The lowest BCUT2D eigenvalue weighted by molar-refractivity contribution is 0.0526. The van der Waals surface area contributed by atoms with Crippen LogP contribution >= 0.6 is 0 Å². The van der Waals surface area contributed by atoms with Gasteiger partial charge in [-0.15, -0.1) is 0 Å². The van der Waals surface area contributed by atoms with Crippen LogP contribution in [-0.2, 0) is 4.74 Å². The number of aromatic nitrogens is 1. The van der Waals surface area contributed by atoms with E-state index in [4.69, 9.17) is 10.5 Å². The highest BCUT2D eigenvalue weighted by atomic mass is 16.5. The number of nitrogen functional groups attached to an aromatic ring is 1. The van der Waals surface area contributed by atoms with E-state index in [1.54, 1.807) is 49.5 Å². The summed E-state index contributed by atoms with van der Waals surface area (Å²) in [7, 11) is 0. The first-order valence-corrected chi connectivity index (χ1v) is 9.57. The molecule has 0 spiro atoms. The molecule has 0 bridgehead atoms. The van der Waals surface area contributed by atoms with Gasteiger partial charge >= 0.3 is 5.97 Å². The summed E-state index contributed by atoms with van der Waals surface area (Å²) in [5.74, 6) is -0.755. The van der Waals surface area contributed by atoms with E-state index in [-0.39, 0.29) is 11.9 Å². The number of nitrogens with two attached hydrogens (primary N) is 1. The molecule has 0 atom stereocenters. The third kappa shape index (κ3) is 4.25. The molecule has 1 amide bonds. The quantitative estimate of drug-likeness (QED) is 0.284. The van der Waals surface area contributed by atoms with Gasteiger partial charge in [-0.3, -0.25) is 4.79 Å². The van der Waals surface area contributed by atoms with E-state index in [9.17, 15) is 9.59 Å². The molecule has 0 unspecified atom stereocenters. The van der Waals surface area contributed by atoms with Gasteiger partial charge in [-0.05, 0) is 51.1 Å². The number of carbonyl (C=O) groups is 2. The summed E-state index contributed by atoms with van der Waals surface area (Å²) < 4.78 is 7.15. The van der Waals surface area contributed by atoms with Crippen molar-refractivity contribution in [2.45, 2.75) is 20.8 Å². The molecule has 7 heteroatoms. The number of amides is 1. The lowest BCUT2D eigenvalue weighted by Crippen LogP contribution is -2.19. The molecule has 154 valence electrons. The number of hydrogen-bond donors (Lipinski definition) is 2. The molecule has 3 N–H and O–H groups in total. The van der Waals surface area contributed by atoms with Crippen molar-refractivity contribution in [1.29, 1.82) is 0 Å². The van der Waals surface area contributed by atoms with Gasteiger partial charge < -0.3 is 15.0 Å². The molecule has 0 radical (unpaired) electrons. The molecule has 30 heavy (non-hydrogen) atoms. The Morgan fingerprint density at radius 2 is 1.77 bits per heavy atom. The highest BCUT2D eigenvalue weighted by Crippen LogP contribution is 2.23. The van der Waals surface area contributed by atoms with E-state index in [1.807, 2.05) is 36.6 Å². The van der Waals surface area contributed by atoms with Crippen LogP contribution in [0.5, 0.6) is 0 Å². The van der Waals surface area contributed by atoms with Crippen molar-refractivity contribution < 1.29 is 14.3 Å². The fraction of sp³-hybridized carbons (Fsp3) is 0.174. The minimum atomic E-state index is -0.384. The van der Waals surface area contributed by atoms with E-state index in [1.165, 1.54) is 0 Å². The molecule has 0 aliphatic rings. The molecule has 0 fully saturated rings. The van der Waals surface area contributed by atoms with Crippen molar-refractivity contribution in [2.75, 3.05) is 12.3 Å². The zero-order valence-corrected chi connectivity index (χ0v) is 17.2. The SMILES string of the molecule is CCOC(=O)c1ccccc1-n1c(C)cc(/C=N\NC(=O)c2ccccc2N)c1C. The number of nitrogens with zero attached hydrogens (tertiary/aromatic N) is 2. The average molecular weight is 404 g/mol. The lowest BCUT2D eigenvalue weighted by Gasteiger charge is -2.14. The Bertz CT molecular complexity index is 1120. The summed E-state index contributed by atoms with van der Waals surface area (Å²) >= 11 is 0. The predicted octanol–water partition coefficient (Wildman–Crippen LogP) is 3.62. The topological polar surface area (TPSA) is 98.7 Å². The van der Waals surface area contributed by atoms with Gasteiger partial charge in [0.1, 0.15) is 0 Å². The molecule has 0 saturated heterocycles. The van der Waals surface area contributed by atoms with Crippen LogP contribution in [0.3, 0.4) is 0 Å².